The van der Waals surface area contributed by atoms with Crippen LogP contribution in [0.5, 0.6) is 17.2 Å². The Morgan fingerprint density at radius 1 is 1.14 bits per heavy atom. The third-order valence-corrected chi connectivity index (χ3v) is 7.50. The van der Waals surface area contributed by atoms with Crippen molar-refractivity contribution in [2.24, 2.45) is 5.73 Å². The molecule has 1 heterocycles. The average molecular weight is 511 g/mol. The van der Waals surface area contributed by atoms with Gasteiger partial charge in [0.05, 0.1) is 29.8 Å². The lowest BCUT2D eigenvalue weighted by Gasteiger charge is -2.42. The number of hydrogen-bond acceptors (Lipinski definition) is 11. The third kappa shape index (κ3) is 3.50. The first-order valence-electron chi connectivity index (χ1n) is 11.6. The maximum atomic E-state index is 13.6. The lowest BCUT2D eigenvalue weighted by atomic mass is 9.66. The summed E-state index contributed by atoms with van der Waals surface area (Å²) in [6.45, 7) is -0.993. The molecule has 2 aromatic rings. The second kappa shape index (κ2) is 8.58. The fourth-order valence-corrected chi connectivity index (χ4v) is 5.64. The van der Waals surface area contributed by atoms with Gasteiger partial charge in [0.2, 0.25) is 5.78 Å². The van der Waals surface area contributed by atoms with Gasteiger partial charge in [-0.3, -0.25) is 14.4 Å². The molecule has 0 fully saturated rings. The van der Waals surface area contributed by atoms with Crippen molar-refractivity contribution < 1.29 is 49.4 Å². The number of benzene rings is 2. The number of rotatable bonds is 4. The van der Waals surface area contributed by atoms with E-state index in [1.807, 2.05) is 0 Å². The predicted octanol–water partition coefficient (Wildman–Crippen LogP) is 0.720. The predicted molar refractivity (Wildman–Crippen MR) is 126 cm³/mol. The van der Waals surface area contributed by atoms with E-state index in [4.69, 9.17) is 15.2 Å². The van der Waals surface area contributed by atoms with Crippen molar-refractivity contribution in [2.75, 3.05) is 13.7 Å². The molecule has 0 radical (unpaired) electrons. The van der Waals surface area contributed by atoms with Gasteiger partial charge >= 0.3 is 0 Å². The Hall–Kier alpha value is -3.93. The zero-order valence-corrected chi connectivity index (χ0v) is 19.7. The van der Waals surface area contributed by atoms with Crippen molar-refractivity contribution in [1.82, 2.24) is 0 Å². The zero-order chi connectivity index (χ0) is 26.8. The van der Waals surface area contributed by atoms with Crippen molar-refractivity contribution in [2.45, 2.75) is 42.9 Å². The van der Waals surface area contributed by atoms with Crippen LogP contribution in [0.15, 0.2) is 30.2 Å². The van der Waals surface area contributed by atoms with Crippen molar-refractivity contribution in [1.29, 1.82) is 0 Å². The molecule has 2 aliphatic carbocycles. The number of ether oxygens (including phenoxy) is 2. The van der Waals surface area contributed by atoms with Crippen molar-refractivity contribution in [3.63, 3.8) is 0 Å². The molecule has 11 heteroatoms. The molecular formula is C26H25NO10. The van der Waals surface area contributed by atoms with Gasteiger partial charge < -0.3 is 40.7 Å². The minimum absolute atomic E-state index is 0.0106. The Bertz CT molecular complexity index is 1400. The van der Waals surface area contributed by atoms with Gasteiger partial charge in [0.25, 0.3) is 0 Å². The van der Waals surface area contributed by atoms with E-state index in [9.17, 15) is 39.9 Å². The molecule has 2 unspecified atom stereocenters. The van der Waals surface area contributed by atoms with Crippen LogP contribution in [0.3, 0.4) is 0 Å². The van der Waals surface area contributed by atoms with E-state index in [2.05, 4.69) is 0 Å². The molecule has 0 amide bonds. The number of nitrogens with two attached hydrogens (primary N) is 1. The molecule has 194 valence electrons. The first-order chi connectivity index (χ1) is 17.5. The van der Waals surface area contributed by atoms with Gasteiger partial charge in [-0.15, -0.1) is 0 Å². The lowest BCUT2D eigenvalue weighted by molar-refractivity contribution is -0.143. The number of fused-ring (bicyclic) bond motifs is 3. The average Bonchev–Trinajstić information content (AvgIpc) is 2.89. The van der Waals surface area contributed by atoms with Gasteiger partial charge in [-0.1, -0.05) is 12.1 Å². The summed E-state index contributed by atoms with van der Waals surface area (Å²) in [6, 6.07) is 3.54. The lowest BCUT2D eigenvalue weighted by Crippen LogP contribution is -2.49. The molecule has 0 aromatic heterocycles. The summed E-state index contributed by atoms with van der Waals surface area (Å²) in [4.78, 5) is 39.7. The molecule has 1 aliphatic heterocycles. The highest BCUT2D eigenvalue weighted by molar-refractivity contribution is 6.31. The number of phenolic OH excluding ortho intramolecular Hbond substituents is 2. The standard InChI is InChI=1S/C26H25NO10/c1-36-15-4-2-3-10-19(15)25(34)21-20(22(10)31)23(32)12-7-26(35,17(30)8-28)6-11(18(12)24(21)33)16-5-13(27)14(29)9-37-16/h2-4,9,11,13,16,28-29,32-33,35H,5-8,27H2,1H3/t11-,13?,16?,26-/m1/s1. The van der Waals surface area contributed by atoms with Gasteiger partial charge in [-0.05, 0) is 12.5 Å². The number of Topliss-reactive ketones (excluding diaryl/α,β-unsaturated/α-hetero) is 1. The number of ketones is 3. The van der Waals surface area contributed by atoms with Crippen LogP contribution < -0.4 is 10.5 Å². The minimum atomic E-state index is -2.18. The summed E-state index contributed by atoms with van der Waals surface area (Å²) in [5.41, 5.74) is 2.68. The Balaban J connectivity index is 1.77. The Morgan fingerprint density at radius 2 is 1.84 bits per heavy atom. The van der Waals surface area contributed by atoms with Crippen molar-refractivity contribution in [3.05, 3.63) is 63.6 Å². The number of aliphatic hydroxyl groups is 3. The van der Waals surface area contributed by atoms with Gasteiger partial charge in [-0.25, -0.2) is 0 Å². The number of aromatic hydroxyl groups is 2. The quantitative estimate of drug-likeness (QED) is 0.270. The van der Waals surface area contributed by atoms with E-state index in [0.717, 1.165) is 6.26 Å². The zero-order valence-electron chi connectivity index (χ0n) is 19.7. The summed E-state index contributed by atoms with van der Waals surface area (Å²) in [7, 11) is 1.33. The number of carbonyl (C=O) groups excluding carboxylic acids is 3. The number of aliphatic hydroxyl groups excluding tert-OH is 2. The molecule has 5 rings (SSSR count). The van der Waals surface area contributed by atoms with Gasteiger partial charge in [-0.2, -0.15) is 0 Å². The number of hydrogen-bond donors (Lipinski definition) is 6. The van der Waals surface area contributed by atoms with Gasteiger partial charge in [0.15, 0.2) is 11.6 Å². The largest absolute Gasteiger partial charge is 0.507 e. The highest BCUT2D eigenvalue weighted by Crippen LogP contribution is 2.53. The van der Waals surface area contributed by atoms with E-state index < -0.39 is 76.7 Å². The fourth-order valence-electron chi connectivity index (χ4n) is 5.64. The normalized spacial score (nSPS) is 26.4. The SMILES string of the molecule is COc1cccc2c1C(=O)c1c(O)c3c(c(O)c1C2=O)C[C@@](O)(C(=O)CO)C[C@@H]3C1CC(N)C(O)=CO1. The minimum Gasteiger partial charge on any atom is -0.507 e. The second-order valence-corrected chi connectivity index (χ2v) is 9.54. The van der Waals surface area contributed by atoms with Crippen LogP contribution in [-0.4, -0.2) is 74.3 Å². The fraction of sp³-hybridized carbons (Fsp3) is 0.346. The van der Waals surface area contributed by atoms with E-state index in [-0.39, 0.29) is 46.6 Å². The molecule has 3 aliphatic rings. The summed E-state index contributed by atoms with van der Waals surface area (Å²) in [5, 5.41) is 53.4. The highest BCUT2D eigenvalue weighted by atomic mass is 16.5. The topological polar surface area (TPSA) is 197 Å². The van der Waals surface area contributed by atoms with Crippen LogP contribution >= 0.6 is 0 Å². The van der Waals surface area contributed by atoms with Crippen LogP contribution in [0.4, 0.5) is 0 Å². The first-order valence-corrected chi connectivity index (χ1v) is 11.6. The van der Waals surface area contributed by atoms with Gasteiger partial charge in [0, 0.05) is 35.4 Å². The third-order valence-electron chi connectivity index (χ3n) is 7.50. The van der Waals surface area contributed by atoms with Crippen LogP contribution in [0.25, 0.3) is 0 Å². The molecule has 4 atom stereocenters. The molecule has 37 heavy (non-hydrogen) atoms. The maximum Gasteiger partial charge on any atom is 0.202 e. The Kier molecular flexibility index (Phi) is 5.74. The first kappa shape index (κ1) is 24.8. The van der Waals surface area contributed by atoms with Crippen LogP contribution in [0.2, 0.25) is 0 Å². The van der Waals surface area contributed by atoms with E-state index in [0.29, 0.717) is 0 Å². The van der Waals surface area contributed by atoms with Gasteiger partial charge in [0.1, 0.15) is 47.6 Å². The van der Waals surface area contributed by atoms with Crippen LogP contribution in [0, 0.1) is 0 Å². The number of phenols is 2. The maximum absolute atomic E-state index is 13.6. The Morgan fingerprint density at radius 3 is 2.49 bits per heavy atom. The van der Waals surface area contributed by atoms with E-state index in [1.165, 1.54) is 25.3 Å². The monoisotopic (exact) mass is 511 g/mol. The summed E-state index contributed by atoms with van der Waals surface area (Å²) >= 11 is 0. The molecule has 2 aromatic carbocycles. The summed E-state index contributed by atoms with van der Waals surface area (Å²) < 4.78 is 10.9. The highest BCUT2D eigenvalue weighted by Gasteiger charge is 2.51. The summed E-state index contributed by atoms with van der Waals surface area (Å²) in [5.74, 6) is -4.83. The molecule has 11 nitrogen and oxygen atoms in total. The molecular weight excluding hydrogens is 486 g/mol. The molecule has 7 N–H and O–H groups in total. The Labute approximate surface area is 210 Å². The molecule has 0 spiro atoms. The molecule has 0 saturated heterocycles. The van der Waals surface area contributed by atoms with Crippen LogP contribution in [0.1, 0.15) is 61.7 Å². The number of carbonyl (C=O) groups is 3. The molecule has 0 bridgehead atoms. The summed E-state index contributed by atoms with van der Waals surface area (Å²) in [6.07, 6.45) is -0.749. The van der Waals surface area contributed by atoms with E-state index >= 15 is 0 Å². The smallest absolute Gasteiger partial charge is 0.202 e. The van der Waals surface area contributed by atoms with Crippen molar-refractivity contribution in [3.8, 4) is 17.2 Å². The van der Waals surface area contributed by atoms with E-state index in [1.54, 1.807) is 0 Å². The van der Waals surface area contributed by atoms with Crippen LogP contribution in [-0.2, 0) is 16.0 Å². The van der Waals surface area contributed by atoms with Crippen molar-refractivity contribution >= 4 is 17.3 Å². The second-order valence-electron chi connectivity index (χ2n) is 9.54. The number of methoxy groups -OCH3 is 1. The molecule has 0 saturated carbocycles.